The maximum Gasteiger partial charge on any atom is 0.0365 e. The molecule has 0 spiro atoms. The van der Waals surface area contributed by atoms with E-state index in [9.17, 15) is 0 Å². The zero-order valence-corrected chi connectivity index (χ0v) is 8.43. The average Bonchev–Trinajstić information content (AvgIpc) is 1.85. The third-order valence-electron chi connectivity index (χ3n) is 1.46. The van der Waals surface area contributed by atoms with E-state index >= 15 is 0 Å². The SMILES string of the molecule is C=C(C)/C(C(C)=N)=C(/C)SC. The van der Waals surface area contributed by atoms with Crippen LogP contribution in [-0.4, -0.2) is 12.0 Å². The van der Waals surface area contributed by atoms with Gasteiger partial charge in [0.05, 0.1) is 0 Å². The van der Waals surface area contributed by atoms with Crippen molar-refractivity contribution >= 4 is 17.5 Å². The van der Waals surface area contributed by atoms with Gasteiger partial charge < -0.3 is 5.41 Å². The van der Waals surface area contributed by atoms with Crippen LogP contribution in [0.3, 0.4) is 0 Å². The fourth-order valence-corrected chi connectivity index (χ4v) is 1.52. The summed E-state index contributed by atoms with van der Waals surface area (Å²) in [4.78, 5) is 1.17. The summed E-state index contributed by atoms with van der Waals surface area (Å²) in [5, 5.41) is 7.48. The van der Waals surface area contributed by atoms with Crippen molar-refractivity contribution < 1.29 is 0 Å². The number of thioether (sulfide) groups is 1. The molecule has 0 atom stereocenters. The van der Waals surface area contributed by atoms with E-state index in [1.807, 2.05) is 20.1 Å². The summed E-state index contributed by atoms with van der Waals surface area (Å²) in [6.07, 6.45) is 2.02. The third kappa shape index (κ3) is 2.93. The summed E-state index contributed by atoms with van der Waals surface area (Å²) in [6.45, 7) is 9.59. The van der Waals surface area contributed by atoms with E-state index < -0.39 is 0 Å². The molecule has 0 saturated carbocycles. The summed E-state index contributed by atoms with van der Waals surface area (Å²) in [5.41, 5.74) is 2.58. The van der Waals surface area contributed by atoms with Crippen LogP contribution in [-0.2, 0) is 0 Å². The molecule has 62 valence electrons. The molecule has 0 saturated heterocycles. The quantitative estimate of drug-likeness (QED) is 0.509. The minimum Gasteiger partial charge on any atom is -0.305 e. The van der Waals surface area contributed by atoms with Crippen LogP contribution in [0.2, 0.25) is 0 Å². The first kappa shape index (κ1) is 10.5. The van der Waals surface area contributed by atoms with Gasteiger partial charge in [0.25, 0.3) is 0 Å². The molecule has 0 unspecified atom stereocenters. The van der Waals surface area contributed by atoms with Gasteiger partial charge in [0.1, 0.15) is 0 Å². The molecule has 1 N–H and O–H groups in total. The zero-order chi connectivity index (χ0) is 9.02. The molecule has 0 aromatic carbocycles. The molecule has 0 aliphatic heterocycles. The lowest BCUT2D eigenvalue weighted by atomic mass is 10.1. The number of rotatable bonds is 3. The first-order valence-corrected chi connectivity index (χ1v) is 4.69. The predicted molar refractivity (Wildman–Crippen MR) is 54.4 cm³/mol. The second-order valence-corrected chi connectivity index (χ2v) is 3.56. The van der Waals surface area contributed by atoms with Crippen LogP contribution in [0, 0.1) is 5.41 Å². The summed E-state index contributed by atoms with van der Waals surface area (Å²) in [5.74, 6) is 0. The molecule has 0 aliphatic rings. The van der Waals surface area contributed by atoms with Gasteiger partial charge in [-0.15, -0.1) is 11.8 Å². The van der Waals surface area contributed by atoms with Gasteiger partial charge in [0, 0.05) is 11.3 Å². The molecule has 0 fully saturated rings. The van der Waals surface area contributed by atoms with Gasteiger partial charge >= 0.3 is 0 Å². The highest BCUT2D eigenvalue weighted by Crippen LogP contribution is 2.21. The predicted octanol–water partition coefficient (Wildman–Crippen LogP) is 3.24. The Morgan fingerprint density at radius 2 is 1.73 bits per heavy atom. The maximum absolute atomic E-state index is 7.48. The van der Waals surface area contributed by atoms with E-state index in [-0.39, 0.29) is 0 Å². The first-order chi connectivity index (χ1) is 5.00. The van der Waals surface area contributed by atoms with Crippen molar-refractivity contribution in [1.29, 1.82) is 5.41 Å². The van der Waals surface area contributed by atoms with Crippen molar-refractivity contribution in [3.63, 3.8) is 0 Å². The topological polar surface area (TPSA) is 23.9 Å². The van der Waals surface area contributed by atoms with E-state index in [0.717, 1.165) is 11.1 Å². The molecule has 0 aromatic heterocycles. The number of hydrogen-bond donors (Lipinski definition) is 1. The minimum atomic E-state index is 0.601. The van der Waals surface area contributed by atoms with Crippen LogP contribution in [0.5, 0.6) is 0 Å². The van der Waals surface area contributed by atoms with Crippen molar-refractivity contribution in [3.05, 3.63) is 22.6 Å². The number of allylic oxidation sites excluding steroid dienone is 3. The monoisotopic (exact) mass is 169 g/mol. The largest absolute Gasteiger partial charge is 0.305 e. The molecule has 0 aromatic rings. The summed E-state index contributed by atoms with van der Waals surface area (Å²) in [7, 11) is 0. The van der Waals surface area contributed by atoms with E-state index in [1.54, 1.807) is 18.7 Å². The van der Waals surface area contributed by atoms with Gasteiger partial charge in [-0.25, -0.2) is 0 Å². The Morgan fingerprint density at radius 3 is 1.82 bits per heavy atom. The fraction of sp³-hybridized carbons (Fsp3) is 0.444. The van der Waals surface area contributed by atoms with E-state index in [2.05, 4.69) is 6.58 Å². The number of hydrogen-bond acceptors (Lipinski definition) is 2. The Hall–Kier alpha value is -0.500. The summed E-state index contributed by atoms with van der Waals surface area (Å²) >= 11 is 1.67. The Bertz CT molecular complexity index is 198. The molecule has 0 radical (unpaired) electrons. The highest BCUT2D eigenvalue weighted by molar-refractivity contribution is 8.02. The summed E-state index contributed by atoms with van der Waals surface area (Å²) < 4.78 is 0. The molecule has 2 heteroatoms. The second kappa shape index (κ2) is 4.39. The van der Waals surface area contributed by atoms with E-state index in [1.165, 1.54) is 4.91 Å². The second-order valence-electron chi connectivity index (χ2n) is 2.54. The Labute approximate surface area is 73.1 Å². The average molecular weight is 169 g/mol. The maximum atomic E-state index is 7.48. The zero-order valence-electron chi connectivity index (χ0n) is 7.62. The van der Waals surface area contributed by atoms with Crippen molar-refractivity contribution in [3.8, 4) is 0 Å². The van der Waals surface area contributed by atoms with Gasteiger partial charge in [0.15, 0.2) is 0 Å². The molecule has 1 nitrogen and oxygen atoms in total. The fourth-order valence-electron chi connectivity index (χ4n) is 0.987. The molecule has 0 heterocycles. The van der Waals surface area contributed by atoms with Crippen molar-refractivity contribution in [2.75, 3.05) is 6.26 Å². The van der Waals surface area contributed by atoms with Gasteiger partial charge in [-0.3, -0.25) is 0 Å². The highest BCUT2D eigenvalue weighted by atomic mass is 32.2. The van der Waals surface area contributed by atoms with E-state index in [0.29, 0.717) is 5.71 Å². The van der Waals surface area contributed by atoms with Gasteiger partial charge in [-0.1, -0.05) is 6.58 Å². The lowest BCUT2D eigenvalue weighted by molar-refractivity contribution is 1.38. The normalized spacial score (nSPS) is 12.4. The molecular formula is C9H15NS. The Balaban J connectivity index is 4.88. The van der Waals surface area contributed by atoms with Crippen LogP contribution < -0.4 is 0 Å². The third-order valence-corrected chi connectivity index (χ3v) is 2.28. The van der Waals surface area contributed by atoms with Crippen LogP contribution in [0.1, 0.15) is 20.8 Å². The molecule has 0 bridgehead atoms. The van der Waals surface area contributed by atoms with Gasteiger partial charge in [-0.2, -0.15) is 0 Å². The van der Waals surface area contributed by atoms with Crippen molar-refractivity contribution in [2.45, 2.75) is 20.8 Å². The molecular weight excluding hydrogens is 154 g/mol. The van der Waals surface area contributed by atoms with Crippen LogP contribution in [0.4, 0.5) is 0 Å². The Morgan fingerprint density at radius 1 is 1.27 bits per heavy atom. The number of nitrogens with one attached hydrogen (secondary N) is 1. The molecule has 0 aliphatic carbocycles. The Kier molecular flexibility index (Phi) is 4.19. The smallest absolute Gasteiger partial charge is 0.0365 e. The first-order valence-electron chi connectivity index (χ1n) is 3.47. The van der Waals surface area contributed by atoms with Crippen molar-refractivity contribution in [2.24, 2.45) is 0 Å². The molecule has 11 heavy (non-hydrogen) atoms. The summed E-state index contributed by atoms with van der Waals surface area (Å²) in [6, 6.07) is 0. The molecule has 0 rings (SSSR count). The van der Waals surface area contributed by atoms with Crippen LogP contribution in [0.15, 0.2) is 22.6 Å². The van der Waals surface area contributed by atoms with Crippen LogP contribution in [0.25, 0.3) is 0 Å². The minimum absolute atomic E-state index is 0.601. The van der Waals surface area contributed by atoms with Gasteiger partial charge in [0.2, 0.25) is 0 Å². The van der Waals surface area contributed by atoms with Crippen LogP contribution >= 0.6 is 11.8 Å². The standard InChI is InChI=1S/C9H15NS/c1-6(2)9(7(3)10)8(4)11-5/h10H,1H2,2-5H3/b9-8+,10-7?. The van der Waals surface area contributed by atoms with Gasteiger partial charge in [-0.05, 0) is 37.5 Å². The van der Waals surface area contributed by atoms with E-state index in [4.69, 9.17) is 5.41 Å². The molecule has 0 amide bonds. The lowest BCUT2D eigenvalue weighted by Crippen LogP contribution is -1.98. The lowest BCUT2D eigenvalue weighted by Gasteiger charge is -2.08. The van der Waals surface area contributed by atoms with Crippen molar-refractivity contribution in [1.82, 2.24) is 0 Å². The highest BCUT2D eigenvalue weighted by Gasteiger charge is 2.04.